The number of rotatable bonds is 3. The van der Waals surface area contributed by atoms with Crippen molar-refractivity contribution in [3.8, 4) is 11.6 Å². The Labute approximate surface area is 118 Å². The number of anilines is 1. The lowest BCUT2D eigenvalue weighted by Gasteiger charge is -2.13. The number of hydrogen-bond donors (Lipinski definition) is 1. The Morgan fingerprint density at radius 1 is 1.37 bits per heavy atom. The average molecular weight is 280 g/mol. The first-order valence-electron chi connectivity index (χ1n) is 6.15. The van der Waals surface area contributed by atoms with E-state index in [1.165, 1.54) is 0 Å². The van der Waals surface area contributed by atoms with Gasteiger partial charge in [-0.3, -0.25) is 4.68 Å². The van der Waals surface area contributed by atoms with Crippen LogP contribution in [0.15, 0.2) is 18.3 Å². The second-order valence-corrected chi connectivity index (χ2v) is 5.37. The molecule has 0 saturated carbocycles. The number of hydrogen-bond acceptors (Lipinski definition) is 3. The van der Waals surface area contributed by atoms with E-state index in [-0.39, 0.29) is 0 Å². The predicted octanol–water partition coefficient (Wildman–Crippen LogP) is 3.88. The Hall–Kier alpha value is -1.68. The molecule has 1 heterocycles. The average Bonchev–Trinajstić information content (AvgIpc) is 2.60. The molecule has 5 heteroatoms. The van der Waals surface area contributed by atoms with Gasteiger partial charge in [-0.2, -0.15) is 0 Å². The summed E-state index contributed by atoms with van der Waals surface area (Å²) in [6.07, 6.45) is 1.71. The monoisotopic (exact) mass is 279 g/mol. The number of aryl methyl sites for hydroxylation is 2. The Morgan fingerprint density at radius 3 is 2.58 bits per heavy atom. The molecular formula is C14H18ClN3O. The molecule has 0 amide bonds. The minimum atomic E-state index is 0.330. The van der Waals surface area contributed by atoms with Gasteiger partial charge < -0.3 is 10.5 Å². The Morgan fingerprint density at radius 2 is 2.05 bits per heavy atom. The third-order valence-corrected chi connectivity index (χ3v) is 3.27. The van der Waals surface area contributed by atoms with E-state index >= 15 is 0 Å². The fourth-order valence-electron chi connectivity index (χ4n) is 1.89. The van der Waals surface area contributed by atoms with E-state index in [1.54, 1.807) is 17.9 Å². The molecule has 0 aliphatic heterocycles. The van der Waals surface area contributed by atoms with Crippen molar-refractivity contribution in [1.82, 2.24) is 9.78 Å². The number of nitrogens with two attached hydrogens (primary N) is 1. The van der Waals surface area contributed by atoms with Crippen molar-refractivity contribution < 1.29 is 4.74 Å². The fraction of sp³-hybridized carbons (Fsp3) is 0.357. The topological polar surface area (TPSA) is 53.1 Å². The number of halogens is 1. The van der Waals surface area contributed by atoms with Gasteiger partial charge in [-0.25, -0.2) is 0 Å². The summed E-state index contributed by atoms with van der Waals surface area (Å²) in [7, 11) is 1.80. The van der Waals surface area contributed by atoms with Crippen LogP contribution in [0.25, 0.3) is 0 Å². The molecule has 0 unspecified atom stereocenters. The highest BCUT2D eigenvalue weighted by molar-refractivity contribution is 6.31. The lowest BCUT2D eigenvalue weighted by atomic mass is 10.0. The van der Waals surface area contributed by atoms with Crippen molar-refractivity contribution >= 4 is 17.3 Å². The normalized spacial score (nSPS) is 11.1. The van der Waals surface area contributed by atoms with E-state index in [0.29, 0.717) is 17.5 Å². The first-order valence-corrected chi connectivity index (χ1v) is 6.53. The summed E-state index contributed by atoms with van der Waals surface area (Å²) in [5.74, 6) is 1.48. The summed E-state index contributed by atoms with van der Waals surface area (Å²) in [4.78, 5) is 0. The van der Waals surface area contributed by atoms with Gasteiger partial charge in [0.1, 0.15) is 11.4 Å². The zero-order chi connectivity index (χ0) is 14.2. The maximum atomic E-state index is 6.23. The Balaban J connectivity index is 2.40. The molecule has 0 radical (unpaired) electrons. The van der Waals surface area contributed by atoms with E-state index in [1.807, 2.05) is 19.1 Å². The fourth-order valence-corrected chi connectivity index (χ4v) is 2.33. The molecule has 0 fully saturated rings. The zero-order valence-electron chi connectivity index (χ0n) is 11.6. The largest absolute Gasteiger partial charge is 0.436 e. The number of aromatic nitrogens is 2. The van der Waals surface area contributed by atoms with Gasteiger partial charge in [-0.1, -0.05) is 25.4 Å². The first-order chi connectivity index (χ1) is 8.88. The van der Waals surface area contributed by atoms with Gasteiger partial charge >= 0.3 is 0 Å². The smallest absolute Gasteiger partial charge is 0.261 e. The minimum Gasteiger partial charge on any atom is -0.436 e. The third kappa shape index (κ3) is 2.84. The molecule has 2 aromatic rings. The van der Waals surface area contributed by atoms with E-state index in [2.05, 4.69) is 18.9 Å². The van der Waals surface area contributed by atoms with E-state index in [9.17, 15) is 0 Å². The summed E-state index contributed by atoms with van der Waals surface area (Å²) in [6, 6.07) is 3.86. The lowest BCUT2D eigenvalue weighted by Crippen LogP contribution is -1.96. The molecule has 102 valence electrons. The van der Waals surface area contributed by atoms with Crippen LogP contribution in [0.5, 0.6) is 11.6 Å². The summed E-state index contributed by atoms with van der Waals surface area (Å²) in [5.41, 5.74) is 8.36. The lowest BCUT2D eigenvalue weighted by molar-refractivity contribution is 0.452. The summed E-state index contributed by atoms with van der Waals surface area (Å²) in [6.45, 7) is 6.13. The standard InChI is InChI=1S/C14H18ClN3O/c1-8(2)10-6-13(9(3)5-11(10)15)19-14-12(16)7-18(4)17-14/h5-8H,16H2,1-4H3. The Kier molecular flexibility index (Phi) is 3.71. The highest BCUT2D eigenvalue weighted by Crippen LogP contribution is 2.34. The van der Waals surface area contributed by atoms with Gasteiger partial charge in [0.25, 0.3) is 5.88 Å². The van der Waals surface area contributed by atoms with Gasteiger partial charge in [0.05, 0.1) is 6.20 Å². The highest BCUT2D eigenvalue weighted by Gasteiger charge is 2.13. The van der Waals surface area contributed by atoms with Gasteiger partial charge in [0.2, 0.25) is 0 Å². The van der Waals surface area contributed by atoms with Crippen molar-refractivity contribution in [2.45, 2.75) is 26.7 Å². The van der Waals surface area contributed by atoms with Crippen molar-refractivity contribution in [1.29, 1.82) is 0 Å². The molecular weight excluding hydrogens is 262 g/mol. The molecule has 0 saturated heterocycles. The van der Waals surface area contributed by atoms with Crippen molar-refractivity contribution in [3.05, 3.63) is 34.5 Å². The maximum Gasteiger partial charge on any atom is 0.261 e. The SMILES string of the molecule is Cc1cc(Cl)c(C(C)C)cc1Oc1nn(C)cc1N. The van der Waals surface area contributed by atoms with Crippen LogP contribution in [0.1, 0.15) is 30.9 Å². The molecule has 0 aliphatic carbocycles. The number of nitrogen functional groups attached to an aromatic ring is 1. The summed E-state index contributed by atoms with van der Waals surface area (Å²) in [5, 5.41) is 4.94. The van der Waals surface area contributed by atoms with E-state index in [0.717, 1.165) is 21.9 Å². The third-order valence-electron chi connectivity index (χ3n) is 2.94. The summed E-state index contributed by atoms with van der Waals surface area (Å²) >= 11 is 6.23. The van der Waals surface area contributed by atoms with Crippen LogP contribution in [0, 0.1) is 6.92 Å². The molecule has 2 N–H and O–H groups in total. The molecule has 0 atom stereocenters. The van der Waals surface area contributed by atoms with E-state index in [4.69, 9.17) is 22.1 Å². The molecule has 2 rings (SSSR count). The second-order valence-electron chi connectivity index (χ2n) is 4.96. The Bertz CT molecular complexity index is 605. The number of benzene rings is 1. The molecule has 0 bridgehead atoms. The summed E-state index contributed by atoms with van der Waals surface area (Å²) < 4.78 is 7.42. The van der Waals surface area contributed by atoms with Gasteiger partial charge in [0.15, 0.2) is 0 Å². The number of ether oxygens (including phenoxy) is 1. The highest BCUT2D eigenvalue weighted by atomic mass is 35.5. The van der Waals surface area contributed by atoms with Crippen molar-refractivity contribution in [3.63, 3.8) is 0 Å². The molecule has 19 heavy (non-hydrogen) atoms. The van der Waals surface area contributed by atoms with Crippen LogP contribution in [-0.2, 0) is 7.05 Å². The maximum absolute atomic E-state index is 6.23. The zero-order valence-corrected chi connectivity index (χ0v) is 12.3. The van der Waals surface area contributed by atoms with Crippen LogP contribution < -0.4 is 10.5 Å². The predicted molar refractivity (Wildman–Crippen MR) is 78.0 cm³/mol. The van der Waals surface area contributed by atoms with Crippen LogP contribution in [-0.4, -0.2) is 9.78 Å². The molecule has 0 aliphatic rings. The molecule has 1 aromatic carbocycles. The van der Waals surface area contributed by atoms with Gasteiger partial charge in [0, 0.05) is 12.1 Å². The minimum absolute atomic E-state index is 0.330. The van der Waals surface area contributed by atoms with Crippen LogP contribution in [0.4, 0.5) is 5.69 Å². The van der Waals surface area contributed by atoms with Crippen LogP contribution >= 0.6 is 11.6 Å². The number of nitrogens with zero attached hydrogens (tertiary/aromatic N) is 2. The van der Waals surface area contributed by atoms with E-state index < -0.39 is 0 Å². The molecule has 4 nitrogen and oxygen atoms in total. The van der Waals surface area contributed by atoms with Gasteiger partial charge in [-0.05, 0) is 36.1 Å². The quantitative estimate of drug-likeness (QED) is 0.928. The molecule has 0 spiro atoms. The first kappa shape index (κ1) is 13.7. The van der Waals surface area contributed by atoms with Gasteiger partial charge in [-0.15, -0.1) is 5.10 Å². The second kappa shape index (κ2) is 5.13. The van der Waals surface area contributed by atoms with Crippen LogP contribution in [0.2, 0.25) is 5.02 Å². The van der Waals surface area contributed by atoms with Crippen LogP contribution in [0.3, 0.4) is 0 Å². The van der Waals surface area contributed by atoms with Crippen molar-refractivity contribution in [2.75, 3.05) is 5.73 Å². The van der Waals surface area contributed by atoms with Crippen molar-refractivity contribution in [2.24, 2.45) is 7.05 Å². The molecule has 1 aromatic heterocycles.